The predicted octanol–water partition coefficient (Wildman–Crippen LogP) is 1.96. The van der Waals surface area contributed by atoms with Crippen LogP contribution in [-0.4, -0.2) is 52.2 Å². The Morgan fingerprint density at radius 3 is 2.79 bits per heavy atom. The van der Waals surface area contributed by atoms with Gasteiger partial charge in [0.1, 0.15) is 23.8 Å². The number of carbonyl (C=O) groups excluding carboxylic acids is 2. The fourth-order valence-electron chi connectivity index (χ4n) is 2.50. The summed E-state index contributed by atoms with van der Waals surface area (Å²) in [5.74, 6) is -0.00482. The van der Waals surface area contributed by atoms with Gasteiger partial charge in [0.2, 0.25) is 0 Å². The number of aromatic nitrogens is 2. The van der Waals surface area contributed by atoms with Crippen molar-refractivity contribution in [3.8, 4) is 0 Å². The van der Waals surface area contributed by atoms with Crippen LogP contribution in [0.1, 0.15) is 39.3 Å². The smallest absolute Gasteiger partial charge is 0.329 e. The van der Waals surface area contributed by atoms with Crippen molar-refractivity contribution in [3.63, 3.8) is 0 Å². The molecule has 1 atom stereocenters. The number of esters is 1. The van der Waals surface area contributed by atoms with E-state index in [1.165, 1.54) is 11.2 Å². The quantitative estimate of drug-likeness (QED) is 0.845. The van der Waals surface area contributed by atoms with E-state index in [9.17, 15) is 9.59 Å². The van der Waals surface area contributed by atoms with Crippen molar-refractivity contribution in [1.29, 1.82) is 0 Å². The van der Waals surface area contributed by atoms with Crippen molar-refractivity contribution in [3.05, 3.63) is 18.1 Å². The Balaban J connectivity index is 2.03. The first-order chi connectivity index (χ1) is 11.3. The molecule has 2 rings (SSSR count). The maximum absolute atomic E-state index is 12.5. The first-order valence-corrected chi connectivity index (χ1v) is 7.90. The summed E-state index contributed by atoms with van der Waals surface area (Å²) >= 11 is 0. The fourth-order valence-corrected chi connectivity index (χ4v) is 2.50. The zero-order chi connectivity index (χ0) is 17.7. The normalized spacial score (nSPS) is 17.7. The van der Waals surface area contributed by atoms with Crippen LogP contribution >= 0.6 is 0 Å². The Hall–Kier alpha value is -2.22. The summed E-state index contributed by atoms with van der Waals surface area (Å²) in [7, 11) is 1.57. The van der Waals surface area contributed by atoms with Gasteiger partial charge >= 0.3 is 12.0 Å². The molecule has 1 aromatic heterocycles. The number of hydrogen-bond acceptors (Lipinski definition) is 6. The van der Waals surface area contributed by atoms with E-state index in [2.05, 4.69) is 15.3 Å². The molecule has 1 aliphatic heterocycles. The second-order valence-electron chi connectivity index (χ2n) is 6.64. The highest BCUT2D eigenvalue weighted by Gasteiger charge is 2.37. The second-order valence-corrected chi connectivity index (χ2v) is 6.64. The lowest BCUT2D eigenvalue weighted by molar-refractivity contribution is -0.159. The summed E-state index contributed by atoms with van der Waals surface area (Å²) < 4.78 is 10.4. The summed E-state index contributed by atoms with van der Waals surface area (Å²) in [6, 6.07) is 0.704. The topological polar surface area (TPSA) is 93.7 Å². The summed E-state index contributed by atoms with van der Waals surface area (Å²) in [5, 5.41) is 2.70. The van der Waals surface area contributed by atoms with E-state index in [-0.39, 0.29) is 12.0 Å². The highest BCUT2D eigenvalue weighted by Crippen LogP contribution is 2.22. The zero-order valence-electron chi connectivity index (χ0n) is 14.5. The fraction of sp³-hybridized carbons (Fsp3) is 0.625. The highest BCUT2D eigenvalue weighted by atomic mass is 16.6. The molecule has 8 heteroatoms. The standard InChI is InChI=1S/C16H24N4O4/c1-16(2,3)24-14(21)12-6-5-7-20(12)15(22)19-13-8-11(9-23-4)17-10-18-13/h8,10,12H,5-7,9H2,1-4H3,(H,17,18,19,22)/t12-/m0/s1. The molecule has 1 fully saturated rings. The number of likely N-dealkylation sites (tertiary alicyclic amines) is 1. The van der Waals surface area contributed by atoms with Gasteiger partial charge in [-0.15, -0.1) is 0 Å². The van der Waals surface area contributed by atoms with Gasteiger partial charge < -0.3 is 14.4 Å². The maximum atomic E-state index is 12.5. The molecule has 0 aliphatic carbocycles. The van der Waals surface area contributed by atoms with Gasteiger partial charge in [-0.25, -0.2) is 19.6 Å². The summed E-state index contributed by atoms with van der Waals surface area (Å²) in [6.07, 6.45) is 2.72. The monoisotopic (exact) mass is 336 g/mol. The van der Waals surface area contributed by atoms with Gasteiger partial charge in [-0.05, 0) is 33.6 Å². The summed E-state index contributed by atoms with van der Waals surface area (Å²) in [5.41, 5.74) is 0.0803. The SMILES string of the molecule is COCc1cc(NC(=O)N2CCC[C@H]2C(=O)OC(C)(C)C)ncn1. The van der Waals surface area contributed by atoms with Crippen LogP contribution in [0.25, 0.3) is 0 Å². The molecule has 132 valence electrons. The Morgan fingerprint density at radius 2 is 2.12 bits per heavy atom. The first-order valence-electron chi connectivity index (χ1n) is 7.90. The van der Waals surface area contributed by atoms with Crippen LogP contribution in [0.3, 0.4) is 0 Å². The number of hydrogen-bond donors (Lipinski definition) is 1. The van der Waals surface area contributed by atoms with Crippen molar-refractivity contribution in [2.24, 2.45) is 0 Å². The molecule has 1 aromatic rings. The van der Waals surface area contributed by atoms with Crippen LogP contribution in [0.2, 0.25) is 0 Å². The number of anilines is 1. The van der Waals surface area contributed by atoms with Gasteiger partial charge in [-0.1, -0.05) is 0 Å². The third-order valence-electron chi connectivity index (χ3n) is 3.44. The zero-order valence-corrected chi connectivity index (χ0v) is 14.5. The van der Waals surface area contributed by atoms with Gasteiger partial charge in [-0.3, -0.25) is 5.32 Å². The van der Waals surface area contributed by atoms with E-state index in [0.29, 0.717) is 31.1 Å². The molecular weight excluding hydrogens is 312 g/mol. The molecule has 1 saturated heterocycles. The van der Waals surface area contributed by atoms with Crippen molar-refractivity contribution < 1.29 is 19.1 Å². The Kier molecular flexibility index (Phi) is 5.71. The van der Waals surface area contributed by atoms with E-state index < -0.39 is 11.6 Å². The molecule has 0 saturated carbocycles. The average Bonchev–Trinajstić information content (AvgIpc) is 2.96. The Bertz CT molecular complexity index is 600. The number of methoxy groups -OCH3 is 1. The summed E-state index contributed by atoms with van der Waals surface area (Å²) in [6.45, 7) is 6.26. The lowest BCUT2D eigenvalue weighted by Gasteiger charge is -2.27. The predicted molar refractivity (Wildman–Crippen MR) is 87.3 cm³/mol. The third kappa shape index (κ3) is 4.89. The van der Waals surface area contributed by atoms with E-state index in [1.54, 1.807) is 13.2 Å². The molecule has 0 bridgehead atoms. The van der Waals surface area contributed by atoms with Crippen LogP contribution in [0.4, 0.5) is 10.6 Å². The molecular formula is C16H24N4O4. The number of nitrogens with zero attached hydrogens (tertiary/aromatic N) is 3. The highest BCUT2D eigenvalue weighted by molar-refractivity contribution is 5.92. The van der Waals surface area contributed by atoms with Crippen LogP contribution < -0.4 is 5.32 Å². The molecule has 0 unspecified atom stereocenters. The maximum Gasteiger partial charge on any atom is 0.329 e. The Morgan fingerprint density at radius 1 is 1.38 bits per heavy atom. The first kappa shape index (κ1) is 18.1. The third-order valence-corrected chi connectivity index (χ3v) is 3.44. The molecule has 1 aliphatic rings. The van der Waals surface area contributed by atoms with Crippen molar-refractivity contribution in [2.75, 3.05) is 19.0 Å². The summed E-state index contributed by atoms with van der Waals surface area (Å²) in [4.78, 5) is 34.3. The molecule has 24 heavy (non-hydrogen) atoms. The van der Waals surface area contributed by atoms with Crippen molar-refractivity contribution in [2.45, 2.75) is 51.9 Å². The molecule has 8 nitrogen and oxygen atoms in total. The van der Waals surface area contributed by atoms with Gasteiger partial charge in [0, 0.05) is 19.7 Å². The number of carbonyl (C=O) groups is 2. The second kappa shape index (κ2) is 7.57. The van der Waals surface area contributed by atoms with E-state index in [0.717, 1.165) is 6.42 Å². The molecule has 0 aromatic carbocycles. The largest absolute Gasteiger partial charge is 0.458 e. The van der Waals surface area contributed by atoms with Crippen molar-refractivity contribution in [1.82, 2.24) is 14.9 Å². The molecule has 0 spiro atoms. The van der Waals surface area contributed by atoms with Gasteiger partial charge in [-0.2, -0.15) is 0 Å². The van der Waals surface area contributed by atoms with Gasteiger partial charge in [0.05, 0.1) is 12.3 Å². The van der Waals surface area contributed by atoms with E-state index in [1.807, 2.05) is 20.8 Å². The Labute approximate surface area is 141 Å². The molecule has 1 N–H and O–H groups in total. The minimum atomic E-state index is -0.580. The number of urea groups is 1. The number of amides is 2. The van der Waals surface area contributed by atoms with Gasteiger partial charge in [0.15, 0.2) is 0 Å². The van der Waals surface area contributed by atoms with Crippen LogP contribution in [0, 0.1) is 0 Å². The van der Waals surface area contributed by atoms with Crippen molar-refractivity contribution >= 4 is 17.8 Å². The van der Waals surface area contributed by atoms with Crippen LogP contribution in [0.15, 0.2) is 12.4 Å². The number of ether oxygens (including phenoxy) is 2. The van der Waals surface area contributed by atoms with E-state index >= 15 is 0 Å². The number of rotatable bonds is 4. The number of nitrogens with one attached hydrogen (secondary N) is 1. The van der Waals surface area contributed by atoms with Crippen LogP contribution in [0.5, 0.6) is 0 Å². The minimum absolute atomic E-state index is 0.329. The van der Waals surface area contributed by atoms with E-state index in [4.69, 9.17) is 9.47 Å². The minimum Gasteiger partial charge on any atom is -0.458 e. The molecule has 2 heterocycles. The van der Waals surface area contributed by atoms with Gasteiger partial charge in [0.25, 0.3) is 0 Å². The molecule has 0 radical (unpaired) electrons. The van der Waals surface area contributed by atoms with Crippen LogP contribution in [-0.2, 0) is 20.9 Å². The lowest BCUT2D eigenvalue weighted by atomic mass is 10.1. The molecule has 2 amide bonds. The lowest BCUT2D eigenvalue weighted by Crippen LogP contribution is -2.45. The average molecular weight is 336 g/mol.